The van der Waals surface area contributed by atoms with Crippen LogP contribution in [0.15, 0.2) is 23.2 Å². The van der Waals surface area contributed by atoms with E-state index in [4.69, 9.17) is 5.26 Å². The molecule has 0 amide bonds. The van der Waals surface area contributed by atoms with E-state index in [1.165, 1.54) is 24.8 Å². The Morgan fingerprint density at radius 1 is 1.59 bits per heavy atom. The van der Waals surface area contributed by atoms with Crippen molar-refractivity contribution in [3.05, 3.63) is 23.8 Å². The molecule has 17 heavy (non-hydrogen) atoms. The molecule has 1 rings (SSSR count). The van der Waals surface area contributed by atoms with Gasteiger partial charge in [0.2, 0.25) is 0 Å². The molecule has 5 nitrogen and oxygen atoms in total. The lowest BCUT2D eigenvalue weighted by molar-refractivity contribution is 0.101. The number of phenols is 1. The third-order valence-corrected chi connectivity index (χ3v) is 2.55. The standard InChI is InChI=1S/C11H11N3O2S/c1-7(15)8-4-3-5-9(10(8)16)14-11(17-2)13-6-12/h3-5,16H,1-2H3,(H,13,14). The van der Waals surface area contributed by atoms with Crippen molar-refractivity contribution < 1.29 is 9.90 Å². The number of nitrogens with zero attached hydrogens (tertiary/aromatic N) is 2. The number of nitriles is 1. The summed E-state index contributed by atoms with van der Waals surface area (Å²) in [5.74, 6) is -0.412. The molecule has 1 aromatic rings. The number of ketones is 1. The van der Waals surface area contributed by atoms with E-state index >= 15 is 0 Å². The van der Waals surface area contributed by atoms with Crippen molar-refractivity contribution in [1.82, 2.24) is 5.32 Å². The second-order valence-corrected chi connectivity index (χ2v) is 3.88. The molecular formula is C11H11N3O2S. The first-order valence-corrected chi connectivity index (χ1v) is 5.93. The number of phenolic OH excluding ortho intramolecular Hbond substituents is 1. The highest BCUT2D eigenvalue weighted by atomic mass is 32.2. The Bertz CT molecular complexity index is 506. The van der Waals surface area contributed by atoms with Gasteiger partial charge in [0.05, 0.1) is 5.56 Å². The number of hydrogen-bond acceptors (Lipinski definition) is 5. The van der Waals surface area contributed by atoms with E-state index in [1.807, 2.05) is 0 Å². The van der Waals surface area contributed by atoms with Gasteiger partial charge in [-0.3, -0.25) is 10.1 Å². The van der Waals surface area contributed by atoms with Crippen LogP contribution in [0, 0.1) is 11.5 Å². The summed E-state index contributed by atoms with van der Waals surface area (Å²) in [5, 5.41) is 21.0. The van der Waals surface area contributed by atoms with Gasteiger partial charge in [0.15, 0.2) is 22.9 Å². The molecule has 6 heteroatoms. The molecule has 0 spiro atoms. The molecule has 0 aliphatic heterocycles. The average Bonchev–Trinajstić information content (AvgIpc) is 2.30. The minimum atomic E-state index is -0.238. The summed E-state index contributed by atoms with van der Waals surface area (Å²) in [7, 11) is 0. The summed E-state index contributed by atoms with van der Waals surface area (Å²) in [4.78, 5) is 15.3. The van der Waals surface area contributed by atoms with E-state index in [2.05, 4.69) is 10.3 Å². The number of hydrogen-bond donors (Lipinski definition) is 2. The fourth-order valence-electron chi connectivity index (χ4n) is 1.19. The number of amidine groups is 1. The highest BCUT2D eigenvalue weighted by Gasteiger charge is 2.10. The van der Waals surface area contributed by atoms with Gasteiger partial charge >= 0.3 is 0 Å². The SMILES string of the molecule is CSC(=Nc1cccc(C(C)=O)c1O)NC#N. The molecule has 0 atom stereocenters. The number of benzene rings is 1. The van der Waals surface area contributed by atoms with Crippen molar-refractivity contribution in [2.24, 2.45) is 4.99 Å². The zero-order chi connectivity index (χ0) is 12.8. The van der Waals surface area contributed by atoms with Crippen LogP contribution in [-0.2, 0) is 0 Å². The van der Waals surface area contributed by atoms with E-state index in [-0.39, 0.29) is 22.8 Å². The normalized spacial score (nSPS) is 10.8. The summed E-state index contributed by atoms with van der Waals surface area (Å²) in [6.07, 6.45) is 3.49. The van der Waals surface area contributed by atoms with Crippen molar-refractivity contribution in [1.29, 1.82) is 5.26 Å². The maximum absolute atomic E-state index is 11.2. The van der Waals surface area contributed by atoms with Crippen molar-refractivity contribution in [2.45, 2.75) is 6.92 Å². The molecule has 0 unspecified atom stereocenters. The van der Waals surface area contributed by atoms with Gasteiger partial charge in [-0.15, -0.1) is 0 Å². The molecule has 0 heterocycles. The lowest BCUT2D eigenvalue weighted by atomic mass is 10.1. The fraction of sp³-hybridized carbons (Fsp3) is 0.182. The quantitative estimate of drug-likeness (QED) is 0.275. The van der Waals surface area contributed by atoms with Crippen LogP contribution in [0.25, 0.3) is 0 Å². The van der Waals surface area contributed by atoms with Crippen LogP contribution in [0.3, 0.4) is 0 Å². The number of thioether (sulfide) groups is 1. The predicted octanol–water partition coefficient (Wildman–Crippen LogP) is 2.02. The van der Waals surface area contributed by atoms with Gasteiger partial charge < -0.3 is 5.11 Å². The van der Waals surface area contributed by atoms with E-state index in [0.717, 1.165) is 0 Å². The first-order valence-electron chi connectivity index (χ1n) is 4.70. The molecule has 0 aromatic heterocycles. The molecule has 0 aliphatic rings. The summed E-state index contributed by atoms with van der Waals surface area (Å²) >= 11 is 1.23. The van der Waals surface area contributed by atoms with Gasteiger partial charge in [0, 0.05) is 0 Å². The number of para-hydroxylation sites is 1. The molecule has 0 bridgehead atoms. The first kappa shape index (κ1) is 13.1. The fourth-order valence-corrected chi connectivity index (χ4v) is 1.52. The van der Waals surface area contributed by atoms with Gasteiger partial charge in [-0.05, 0) is 25.3 Å². The van der Waals surface area contributed by atoms with Crippen LogP contribution < -0.4 is 5.32 Å². The largest absolute Gasteiger partial charge is 0.505 e. The van der Waals surface area contributed by atoms with Gasteiger partial charge in [-0.25, -0.2) is 4.99 Å². The van der Waals surface area contributed by atoms with Gasteiger partial charge in [0.1, 0.15) is 5.69 Å². The van der Waals surface area contributed by atoms with Gasteiger partial charge in [-0.2, -0.15) is 5.26 Å². The molecule has 0 aliphatic carbocycles. The zero-order valence-corrected chi connectivity index (χ0v) is 10.2. The first-order chi connectivity index (χ1) is 8.10. The summed E-state index contributed by atoms with van der Waals surface area (Å²) in [6, 6.07) is 4.71. The molecule has 0 saturated heterocycles. The monoisotopic (exact) mass is 249 g/mol. The van der Waals surface area contributed by atoms with Crippen molar-refractivity contribution in [3.8, 4) is 11.9 Å². The number of aliphatic imine (C=N–C) groups is 1. The lowest BCUT2D eigenvalue weighted by Gasteiger charge is -2.05. The van der Waals surface area contributed by atoms with Crippen molar-refractivity contribution in [2.75, 3.05) is 6.26 Å². The zero-order valence-electron chi connectivity index (χ0n) is 9.39. The highest BCUT2D eigenvalue weighted by Crippen LogP contribution is 2.30. The highest BCUT2D eigenvalue weighted by molar-refractivity contribution is 8.13. The molecule has 88 valence electrons. The van der Waals surface area contributed by atoms with Crippen LogP contribution in [0.5, 0.6) is 5.75 Å². The number of aromatic hydroxyl groups is 1. The van der Waals surface area contributed by atoms with Crippen LogP contribution in [0.4, 0.5) is 5.69 Å². The molecule has 1 aromatic carbocycles. The average molecular weight is 249 g/mol. The number of Topliss-reactive ketones (excluding diaryl/α,β-unsaturated/α-hetero) is 1. The summed E-state index contributed by atoms with van der Waals surface area (Å²) in [6.45, 7) is 1.37. The van der Waals surface area contributed by atoms with Crippen LogP contribution in [-0.4, -0.2) is 22.3 Å². The Balaban J connectivity index is 3.20. The number of carbonyl (C=O) groups excluding carboxylic acids is 1. The topological polar surface area (TPSA) is 85.5 Å². The lowest BCUT2D eigenvalue weighted by Crippen LogP contribution is -2.12. The van der Waals surface area contributed by atoms with Crippen molar-refractivity contribution in [3.63, 3.8) is 0 Å². The summed E-state index contributed by atoms with van der Waals surface area (Å²) in [5.41, 5.74) is 0.466. The second-order valence-electron chi connectivity index (χ2n) is 3.09. The molecule has 0 saturated carbocycles. The Hall–Kier alpha value is -2.00. The Kier molecular flexibility index (Phi) is 4.55. The van der Waals surface area contributed by atoms with Gasteiger partial charge in [0.25, 0.3) is 0 Å². The van der Waals surface area contributed by atoms with Crippen LogP contribution in [0.1, 0.15) is 17.3 Å². The van der Waals surface area contributed by atoms with E-state index in [1.54, 1.807) is 24.6 Å². The molecule has 0 radical (unpaired) electrons. The van der Waals surface area contributed by atoms with Crippen LogP contribution in [0.2, 0.25) is 0 Å². The van der Waals surface area contributed by atoms with Crippen LogP contribution >= 0.6 is 11.8 Å². The third-order valence-electron chi connectivity index (χ3n) is 1.97. The Labute approximate surface area is 103 Å². The third kappa shape index (κ3) is 3.23. The second kappa shape index (κ2) is 5.92. The smallest absolute Gasteiger partial charge is 0.183 e. The number of rotatable bonds is 2. The minimum Gasteiger partial charge on any atom is -0.505 e. The Morgan fingerprint density at radius 2 is 2.29 bits per heavy atom. The van der Waals surface area contributed by atoms with Crippen molar-refractivity contribution >= 4 is 28.4 Å². The Morgan fingerprint density at radius 3 is 2.82 bits per heavy atom. The van der Waals surface area contributed by atoms with E-state index in [0.29, 0.717) is 5.17 Å². The van der Waals surface area contributed by atoms with E-state index in [9.17, 15) is 9.90 Å². The summed E-state index contributed by atoms with van der Waals surface area (Å²) < 4.78 is 0. The number of nitrogens with one attached hydrogen (secondary N) is 1. The predicted molar refractivity (Wildman–Crippen MR) is 67.5 cm³/mol. The van der Waals surface area contributed by atoms with E-state index < -0.39 is 0 Å². The molecular weight excluding hydrogens is 238 g/mol. The number of carbonyl (C=O) groups is 1. The maximum Gasteiger partial charge on any atom is 0.183 e. The molecule has 0 fully saturated rings. The maximum atomic E-state index is 11.2. The molecule has 2 N–H and O–H groups in total. The van der Waals surface area contributed by atoms with Gasteiger partial charge in [-0.1, -0.05) is 17.8 Å². The minimum absolute atomic E-state index is 0.175.